The Kier molecular flexibility index (Phi) is 3.79. The molecule has 1 aromatic rings. The lowest BCUT2D eigenvalue weighted by atomic mass is 9.82. The summed E-state index contributed by atoms with van der Waals surface area (Å²) in [5.74, 6) is 0. The van der Waals surface area contributed by atoms with Crippen LogP contribution in [-0.4, -0.2) is 24.5 Å². The fourth-order valence-corrected chi connectivity index (χ4v) is 3.29. The maximum Gasteiger partial charge on any atom is 0.0482 e. The molecule has 0 saturated heterocycles. The zero-order chi connectivity index (χ0) is 13.3. The van der Waals surface area contributed by atoms with Crippen molar-refractivity contribution in [1.82, 2.24) is 4.90 Å². The topological polar surface area (TPSA) is 29.3 Å². The van der Waals surface area contributed by atoms with Crippen LogP contribution in [0.25, 0.3) is 0 Å². The number of likely N-dealkylation sites (N-methyl/N-ethyl adjacent to an activating group) is 1. The molecule has 1 aliphatic carbocycles. The van der Waals surface area contributed by atoms with Crippen molar-refractivity contribution in [3.05, 3.63) is 34.9 Å². The van der Waals surface area contributed by atoms with Crippen LogP contribution in [0.2, 0.25) is 0 Å². The summed E-state index contributed by atoms with van der Waals surface area (Å²) < 4.78 is 0. The third kappa shape index (κ3) is 2.19. The third-order valence-electron chi connectivity index (χ3n) is 4.83. The number of aryl methyl sites for hydroxylation is 2. The molecule has 18 heavy (non-hydrogen) atoms. The van der Waals surface area contributed by atoms with Gasteiger partial charge in [0.15, 0.2) is 0 Å². The van der Waals surface area contributed by atoms with Crippen LogP contribution >= 0.6 is 0 Å². The lowest BCUT2D eigenvalue weighted by Gasteiger charge is -2.42. The van der Waals surface area contributed by atoms with Gasteiger partial charge in [-0.05, 0) is 57.5 Å². The van der Waals surface area contributed by atoms with Gasteiger partial charge >= 0.3 is 0 Å². The van der Waals surface area contributed by atoms with Gasteiger partial charge in [0, 0.05) is 11.6 Å². The maximum absolute atomic E-state index is 6.61. The summed E-state index contributed by atoms with van der Waals surface area (Å²) in [4.78, 5) is 2.35. The Morgan fingerprint density at radius 3 is 2.22 bits per heavy atom. The first-order valence-electron chi connectivity index (χ1n) is 6.97. The van der Waals surface area contributed by atoms with E-state index in [4.69, 9.17) is 5.73 Å². The summed E-state index contributed by atoms with van der Waals surface area (Å²) in [5, 5.41) is 0. The molecule has 1 aromatic carbocycles. The van der Waals surface area contributed by atoms with E-state index >= 15 is 0 Å². The average molecular weight is 246 g/mol. The second kappa shape index (κ2) is 5.02. The van der Waals surface area contributed by atoms with Crippen LogP contribution in [-0.2, 0) is 0 Å². The molecule has 1 aliphatic rings. The summed E-state index contributed by atoms with van der Waals surface area (Å²) in [5.41, 5.74) is 10.7. The van der Waals surface area contributed by atoms with Crippen molar-refractivity contribution >= 4 is 0 Å². The molecule has 1 unspecified atom stereocenters. The standard InChI is InChI=1S/C16H26N2/c1-12-7-8-14(11-13(12)2)15(17)16(18(3)4)9-5-6-10-16/h7-8,11,15H,5-6,9-10,17H2,1-4H3. The molecule has 2 rings (SSSR count). The number of benzene rings is 1. The van der Waals surface area contributed by atoms with Gasteiger partial charge in [0.1, 0.15) is 0 Å². The molecule has 0 bridgehead atoms. The van der Waals surface area contributed by atoms with Crippen LogP contribution < -0.4 is 5.73 Å². The number of hydrogen-bond donors (Lipinski definition) is 1. The average Bonchev–Trinajstić information content (AvgIpc) is 2.82. The molecule has 2 heteroatoms. The minimum absolute atomic E-state index is 0.120. The van der Waals surface area contributed by atoms with E-state index < -0.39 is 0 Å². The highest BCUT2D eigenvalue weighted by Gasteiger charge is 2.42. The van der Waals surface area contributed by atoms with Gasteiger partial charge in [-0.25, -0.2) is 0 Å². The lowest BCUT2D eigenvalue weighted by molar-refractivity contribution is 0.123. The Labute approximate surface area is 111 Å². The minimum Gasteiger partial charge on any atom is -0.322 e. The predicted octanol–water partition coefficient (Wildman–Crippen LogP) is 3.18. The third-order valence-corrected chi connectivity index (χ3v) is 4.83. The quantitative estimate of drug-likeness (QED) is 0.887. The molecule has 1 saturated carbocycles. The van der Waals surface area contributed by atoms with Crippen LogP contribution in [0.4, 0.5) is 0 Å². The smallest absolute Gasteiger partial charge is 0.0482 e. The number of nitrogens with zero attached hydrogens (tertiary/aromatic N) is 1. The number of rotatable bonds is 3. The van der Waals surface area contributed by atoms with E-state index in [9.17, 15) is 0 Å². The first-order valence-corrected chi connectivity index (χ1v) is 6.97. The van der Waals surface area contributed by atoms with E-state index in [1.807, 2.05) is 0 Å². The molecule has 2 N–H and O–H groups in total. The Hall–Kier alpha value is -0.860. The summed E-state index contributed by atoms with van der Waals surface area (Å²) in [6.07, 6.45) is 5.04. The Morgan fingerprint density at radius 1 is 1.11 bits per heavy atom. The van der Waals surface area contributed by atoms with Crippen molar-refractivity contribution in [2.75, 3.05) is 14.1 Å². The van der Waals surface area contributed by atoms with Crippen LogP contribution in [0, 0.1) is 13.8 Å². The summed E-state index contributed by atoms with van der Waals surface area (Å²) in [6, 6.07) is 6.79. The van der Waals surface area contributed by atoms with Gasteiger partial charge in [-0.3, -0.25) is 0 Å². The van der Waals surface area contributed by atoms with Crippen molar-refractivity contribution in [2.45, 2.75) is 51.1 Å². The van der Waals surface area contributed by atoms with Gasteiger partial charge in [0.25, 0.3) is 0 Å². The fourth-order valence-electron chi connectivity index (χ4n) is 3.29. The number of nitrogens with two attached hydrogens (primary N) is 1. The molecule has 1 atom stereocenters. The predicted molar refractivity (Wildman–Crippen MR) is 77.7 cm³/mol. The van der Waals surface area contributed by atoms with E-state index in [0.29, 0.717) is 0 Å². The van der Waals surface area contributed by atoms with Crippen LogP contribution in [0.1, 0.15) is 48.4 Å². The van der Waals surface area contributed by atoms with Gasteiger partial charge in [-0.2, -0.15) is 0 Å². The van der Waals surface area contributed by atoms with Crippen molar-refractivity contribution < 1.29 is 0 Å². The number of hydrogen-bond acceptors (Lipinski definition) is 2. The Morgan fingerprint density at radius 2 is 1.72 bits per heavy atom. The molecule has 0 aromatic heterocycles. The Balaban J connectivity index is 2.33. The maximum atomic E-state index is 6.61. The van der Waals surface area contributed by atoms with Gasteiger partial charge in [-0.15, -0.1) is 0 Å². The molecule has 0 heterocycles. The second-order valence-corrected chi connectivity index (χ2v) is 6.03. The normalized spacial score (nSPS) is 20.3. The highest BCUT2D eigenvalue weighted by molar-refractivity contribution is 5.33. The summed E-state index contributed by atoms with van der Waals surface area (Å²) in [6.45, 7) is 4.32. The molecular formula is C16H26N2. The molecule has 0 amide bonds. The highest BCUT2D eigenvalue weighted by Crippen LogP contribution is 2.42. The van der Waals surface area contributed by atoms with Crippen LogP contribution in [0.3, 0.4) is 0 Å². The van der Waals surface area contributed by atoms with Gasteiger partial charge in [0.05, 0.1) is 0 Å². The Bertz CT molecular complexity index is 417. The fraction of sp³-hybridized carbons (Fsp3) is 0.625. The summed E-state index contributed by atoms with van der Waals surface area (Å²) >= 11 is 0. The largest absolute Gasteiger partial charge is 0.322 e. The zero-order valence-electron chi connectivity index (χ0n) is 12.2. The highest BCUT2D eigenvalue weighted by atomic mass is 15.2. The summed E-state index contributed by atoms with van der Waals surface area (Å²) in [7, 11) is 4.35. The molecule has 0 aliphatic heterocycles. The van der Waals surface area contributed by atoms with E-state index in [1.54, 1.807) is 0 Å². The van der Waals surface area contributed by atoms with Crippen molar-refractivity contribution in [2.24, 2.45) is 5.73 Å². The molecule has 0 radical (unpaired) electrons. The molecular weight excluding hydrogens is 220 g/mol. The van der Waals surface area contributed by atoms with Crippen molar-refractivity contribution in [3.8, 4) is 0 Å². The van der Waals surface area contributed by atoms with Crippen LogP contribution in [0.15, 0.2) is 18.2 Å². The van der Waals surface area contributed by atoms with Gasteiger partial charge < -0.3 is 10.6 Å². The molecule has 0 spiro atoms. The SMILES string of the molecule is Cc1ccc(C(N)C2(N(C)C)CCCC2)cc1C. The first-order chi connectivity index (χ1) is 8.47. The zero-order valence-corrected chi connectivity index (χ0v) is 12.2. The minimum atomic E-state index is 0.120. The molecule has 2 nitrogen and oxygen atoms in total. The monoisotopic (exact) mass is 246 g/mol. The van der Waals surface area contributed by atoms with E-state index in [1.165, 1.54) is 42.4 Å². The van der Waals surface area contributed by atoms with Crippen molar-refractivity contribution in [3.63, 3.8) is 0 Å². The first kappa shape index (κ1) is 13.6. The van der Waals surface area contributed by atoms with Crippen molar-refractivity contribution in [1.29, 1.82) is 0 Å². The van der Waals surface area contributed by atoms with E-state index in [-0.39, 0.29) is 11.6 Å². The van der Waals surface area contributed by atoms with Gasteiger partial charge in [-0.1, -0.05) is 31.0 Å². The second-order valence-electron chi connectivity index (χ2n) is 6.03. The lowest BCUT2D eigenvalue weighted by Crippen LogP contribution is -2.50. The van der Waals surface area contributed by atoms with E-state index in [2.05, 4.69) is 51.0 Å². The molecule has 1 fully saturated rings. The molecule has 100 valence electrons. The van der Waals surface area contributed by atoms with Gasteiger partial charge in [0.2, 0.25) is 0 Å². The van der Waals surface area contributed by atoms with Crippen LogP contribution in [0.5, 0.6) is 0 Å². The van der Waals surface area contributed by atoms with E-state index in [0.717, 1.165) is 0 Å².